The fourth-order valence-corrected chi connectivity index (χ4v) is 2.03. The molecule has 0 spiro atoms. The number of rotatable bonds is 2. The van der Waals surface area contributed by atoms with Crippen LogP contribution in [0.5, 0.6) is 0 Å². The Balaban J connectivity index is 1.92. The van der Waals surface area contributed by atoms with Gasteiger partial charge in [-0.2, -0.15) is 0 Å². The molecule has 18 heavy (non-hydrogen) atoms. The minimum absolute atomic E-state index is 0.239. The van der Waals surface area contributed by atoms with Gasteiger partial charge >= 0.3 is 0 Å². The highest BCUT2D eigenvalue weighted by molar-refractivity contribution is 5.60. The van der Waals surface area contributed by atoms with Crippen LogP contribution in [0, 0.1) is 6.92 Å². The quantitative estimate of drug-likeness (QED) is 0.809. The molecule has 3 nitrogen and oxygen atoms in total. The molecule has 3 rings (SSSR count). The number of hydrogen-bond acceptors (Lipinski definition) is 3. The van der Waals surface area contributed by atoms with E-state index in [1.807, 2.05) is 12.1 Å². The molecule has 1 aromatic heterocycles. The van der Waals surface area contributed by atoms with Crippen LogP contribution in [0.15, 0.2) is 42.6 Å². The lowest BCUT2D eigenvalue weighted by Crippen LogP contribution is -1.98. The summed E-state index contributed by atoms with van der Waals surface area (Å²) in [5, 5.41) is 0. The number of hydrogen-bond donors (Lipinski definition) is 0. The second-order valence-corrected chi connectivity index (χ2v) is 4.41. The first-order valence-corrected chi connectivity index (χ1v) is 6.09. The summed E-state index contributed by atoms with van der Waals surface area (Å²) in [5.41, 5.74) is 4.34. The third-order valence-corrected chi connectivity index (χ3v) is 3.03. The van der Waals surface area contributed by atoms with Crippen molar-refractivity contribution in [2.75, 3.05) is 13.2 Å². The van der Waals surface area contributed by atoms with Crippen molar-refractivity contribution in [1.29, 1.82) is 0 Å². The van der Waals surface area contributed by atoms with Gasteiger partial charge in [0, 0.05) is 17.3 Å². The van der Waals surface area contributed by atoms with E-state index in [-0.39, 0.29) is 6.29 Å². The SMILES string of the molecule is Cc1ccc(-c2cc(C3OCCO3)ccn2)cc1. The fourth-order valence-electron chi connectivity index (χ4n) is 2.03. The maximum atomic E-state index is 5.50. The van der Waals surface area contributed by atoms with Gasteiger partial charge in [-0.05, 0) is 19.1 Å². The molecule has 0 aliphatic carbocycles. The van der Waals surface area contributed by atoms with Crippen molar-refractivity contribution in [3.63, 3.8) is 0 Å². The Morgan fingerprint density at radius 3 is 2.50 bits per heavy atom. The molecule has 1 aliphatic heterocycles. The van der Waals surface area contributed by atoms with Gasteiger partial charge < -0.3 is 9.47 Å². The summed E-state index contributed by atoms with van der Waals surface area (Å²) in [6, 6.07) is 12.3. The molecule has 0 unspecified atom stereocenters. The molecule has 2 heterocycles. The second-order valence-electron chi connectivity index (χ2n) is 4.41. The molecular formula is C15H15NO2. The molecule has 0 N–H and O–H groups in total. The van der Waals surface area contributed by atoms with Crippen molar-refractivity contribution in [2.24, 2.45) is 0 Å². The zero-order valence-electron chi connectivity index (χ0n) is 10.3. The molecule has 1 saturated heterocycles. The maximum Gasteiger partial charge on any atom is 0.184 e. The Bertz CT molecular complexity index is 530. The van der Waals surface area contributed by atoms with Crippen LogP contribution in [0.2, 0.25) is 0 Å². The highest BCUT2D eigenvalue weighted by Gasteiger charge is 2.18. The van der Waals surface area contributed by atoms with Crippen LogP contribution in [0.1, 0.15) is 17.4 Å². The monoisotopic (exact) mass is 241 g/mol. The van der Waals surface area contributed by atoms with E-state index in [1.54, 1.807) is 6.20 Å². The van der Waals surface area contributed by atoms with Crippen LogP contribution < -0.4 is 0 Å². The highest BCUT2D eigenvalue weighted by Crippen LogP contribution is 2.26. The van der Waals surface area contributed by atoms with E-state index in [9.17, 15) is 0 Å². The summed E-state index contributed by atoms with van der Waals surface area (Å²) in [5.74, 6) is 0. The summed E-state index contributed by atoms with van der Waals surface area (Å²) < 4.78 is 11.0. The van der Waals surface area contributed by atoms with Crippen LogP contribution in [0.4, 0.5) is 0 Å². The summed E-state index contributed by atoms with van der Waals surface area (Å²) in [6.07, 6.45) is 1.56. The van der Waals surface area contributed by atoms with Crippen LogP contribution in [0.3, 0.4) is 0 Å². The predicted octanol–water partition coefficient (Wildman–Crippen LogP) is 3.10. The Hall–Kier alpha value is -1.71. The van der Waals surface area contributed by atoms with Gasteiger partial charge in [-0.25, -0.2) is 0 Å². The third kappa shape index (κ3) is 2.28. The normalized spacial score (nSPS) is 16.1. The Labute approximate surface area is 106 Å². The molecule has 0 bridgehead atoms. The van der Waals surface area contributed by atoms with Crippen molar-refractivity contribution in [1.82, 2.24) is 4.98 Å². The average molecular weight is 241 g/mol. The third-order valence-electron chi connectivity index (χ3n) is 3.03. The minimum atomic E-state index is -0.239. The molecule has 0 amide bonds. The van der Waals surface area contributed by atoms with Crippen LogP contribution in [-0.4, -0.2) is 18.2 Å². The number of aromatic nitrogens is 1. The van der Waals surface area contributed by atoms with Crippen molar-refractivity contribution >= 4 is 0 Å². The zero-order valence-corrected chi connectivity index (χ0v) is 10.3. The first-order valence-electron chi connectivity index (χ1n) is 6.09. The van der Waals surface area contributed by atoms with Gasteiger partial charge in [-0.1, -0.05) is 29.8 Å². The van der Waals surface area contributed by atoms with Crippen LogP contribution >= 0.6 is 0 Å². The van der Waals surface area contributed by atoms with Gasteiger partial charge in [0.2, 0.25) is 0 Å². The Morgan fingerprint density at radius 1 is 1.06 bits per heavy atom. The number of aryl methyl sites for hydroxylation is 1. The Kier molecular flexibility index (Phi) is 3.09. The molecule has 1 aromatic carbocycles. The molecule has 0 atom stereocenters. The molecule has 2 aromatic rings. The van der Waals surface area contributed by atoms with Crippen molar-refractivity contribution in [2.45, 2.75) is 13.2 Å². The van der Waals surface area contributed by atoms with E-state index in [1.165, 1.54) is 5.56 Å². The predicted molar refractivity (Wildman–Crippen MR) is 69.1 cm³/mol. The summed E-state index contributed by atoms with van der Waals surface area (Å²) in [4.78, 5) is 4.40. The van der Waals surface area contributed by atoms with E-state index in [0.29, 0.717) is 13.2 Å². The van der Waals surface area contributed by atoms with Gasteiger partial charge in [-0.3, -0.25) is 4.98 Å². The zero-order chi connectivity index (χ0) is 12.4. The molecule has 92 valence electrons. The lowest BCUT2D eigenvalue weighted by Gasteiger charge is -2.10. The lowest BCUT2D eigenvalue weighted by atomic mass is 10.1. The first-order chi connectivity index (χ1) is 8.83. The lowest BCUT2D eigenvalue weighted by molar-refractivity contribution is -0.0441. The summed E-state index contributed by atoms with van der Waals surface area (Å²) >= 11 is 0. The largest absolute Gasteiger partial charge is 0.346 e. The van der Waals surface area contributed by atoms with Gasteiger partial charge in [0.25, 0.3) is 0 Å². The summed E-state index contributed by atoms with van der Waals surface area (Å²) in [6.45, 7) is 3.40. The molecule has 0 saturated carbocycles. The number of benzene rings is 1. The smallest absolute Gasteiger partial charge is 0.184 e. The van der Waals surface area contributed by atoms with E-state index in [4.69, 9.17) is 9.47 Å². The number of pyridine rings is 1. The number of ether oxygens (including phenoxy) is 2. The van der Waals surface area contributed by atoms with Gasteiger partial charge in [0.05, 0.1) is 18.9 Å². The van der Waals surface area contributed by atoms with E-state index in [2.05, 4.69) is 36.2 Å². The standard InChI is InChI=1S/C15H15NO2/c1-11-2-4-12(5-3-11)14-10-13(6-7-16-14)15-17-8-9-18-15/h2-7,10,15H,8-9H2,1H3. The second kappa shape index (κ2) is 4.88. The molecule has 3 heteroatoms. The maximum absolute atomic E-state index is 5.50. The van der Waals surface area contributed by atoms with Crippen LogP contribution in [-0.2, 0) is 9.47 Å². The molecule has 1 fully saturated rings. The van der Waals surface area contributed by atoms with Crippen molar-refractivity contribution in [3.8, 4) is 11.3 Å². The van der Waals surface area contributed by atoms with E-state index in [0.717, 1.165) is 16.8 Å². The number of nitrogens with zero attached hydrogens (tertiary/aromatic N) is 1. The van der Waals surface area contributed by atoms with E-state index < -0.39 is 0 Å². The minimum Gasteiger partial charge on any atom is -0.346 e. The molecule has 0 radical (unpaired) electrons. The fraction of sp³-hybridized carbons (Fsp3) is 0.267. The average Bonchev–Trinajstić information content (AvgIpc) is 2.94. The first kappa shape index (κ1) is 11.4. The van der Waals surface area contributed by atoms with Gasteiger partial charge in [0.15, 0.2) is 6.29 Å². The summed E-state index contributed by atoms with van der Waals surface area (Å²) in [7, 11) is 0. The molecule has 1 aliphatic rings. The molecular weight excluding hydrogens is 226 g/mol. The Morgan fingerprint density at radius 2 is 1.78 bits per heavy atom. The van der Waals surface area contributed by atoms with E-state index >= 15 is 0 Å². The van der Waals surface area contributed by atoms with Gasteiger partial charge in [-0.15, -0.1) is 0 Å². The van der Waals surface area contributed by atoms with Crippen molar-refractivity contribution in [3.05, 3.63) is 53.7 Å². The van der Waals surface area contributed by atoms with Gasteiger partial charge in [0.1, 0.15) is 0 Å². The highest BCUT2D eigenvalue weighted by atomic mass is 16.7. The van der Waals surface area contributed by atoms with Crippen molar-refractivity contribution < 1.29 is 9.47 Å². The topological polar surface area (TPSA) is 31.4 Å². The van der Waals surface area contributed by atoms with Crippen LogP contribution in [0.25, 0.3) is 11.3 Å².